The van der Waals surface area contributed by atoms with Gasteiger partial charge in [-0.3, -0.25) is 9.59 Å². The summed E-state index contributed by atoms with van der Waals surface area (Å²) in [4.78, 5) is 23.0. The molecule has 0 amide bonds. The molecule has 2 fully saturated rings. The molecule has 1 aromatic carbocycles. The van der Waals surface area contributed by atoms with Crippen LogP contribution >= 0.6 is 0 Å². The number of ketones is 2. The Morgan fingerprint density at radius 3 is 2.08 bits per heavy atom. The summed E-state index contributed by atoms with van der Waals surface area (Å²) >= 11 is 0. The van der Waals surface area contributed by atoms with Gasteiger partial charge < -0.3 is 5.32 Å². The van der Waals surface area contributed by atoms with Gasteiger partial charge in [-0.25, -0.2) is 0 Å². The molecule has 0 aliphatic heterocycles. The Morgan fingerprint density at radius 1 is 0.920 bits per heavy atom. The van der Waals surface area contributed by atoms with E-state index in [1.807, 2.05) is 69.9 Å². The van der Waals surface area contributed by atoms with Crippen molar-refractivity contribution in [3.63, 3.8) is 0 Å². The molecule has 1 aromatic rings. The second-order valence-electron chi connectivity index (χ2n) is 5.37. The van der Waals surface area contributed by atoms with Crippen LogP contribution in [0.25, 0.3) is 0 Å². The van der Waals surface area contributed by atoms with Gasteiger partial charge >= 0.3 is 17.1 Å². The minimum absolute atomic E-state index is 0. The molecule has 10 radical (unpaired) electrons. The van der Waals surface area contributed by atoms with E-state index in [2.05, 4.69) is 5.32 Å². The van der Waals surface area contributed by atoms with E-state index in [4.69, 9.17) is 0 Å². The fourth-order valence-electron chi connectivity index (χ4n) is 2.19. The number of benzene rings is 1. The summed E-state index contributed by atoms with van der Waals surface area (Å²) in [6, 6.07) is 7.30. The molecule has 2 saturated carbocycles. The van der Waals surface area contributed by atoms with Gasteiger partial charge in [-0.1, -0.05) is 12.1 Å². The predicted molar refractivity (Wildman–Crippen MR) is 96.5 cm³/mol. The molecule has 128 valence electrons. The van der Waals surface area contributed by atoms with Crippen LogP contribution in [0.4, 0.5) is 5.69 Å². The zero-order valence-electron chi connectivity index (χ0n) is 14.1. The number of nitrogens with one attached hydrogen (secondary N) is 1. The summed E-state index contributed by atoms with van der Waals surface area (Å²) in [7, 11) is 0. The van der Waals surface area contributed by atoms with Gasteiger partial charge in [-0.2, -0.15) is 0 Å². The average molecular weight is 375 g/mol. The Morgan fingerprint density at radius 2 is 1.52 bits per heavy atom. The fraction of sp³-hybridized carbons (Fsp3) is 0.143. The third kappa shape index (κ3) is 8.20. The van der Waals surface area contributed by atoms with Crippen LogP contribution in [-0.4, -0.2) is 18.1 Å². The second kappa shape index (κ2) is 12.3. The first kappa shape index (κ1) is 21.9. The van der Waals surface area contributed by atoms with Crippen molar-refractivity contribution in [2.45, 2.75) is 13.3 Å². The maximum absolute atomic E-state index is 11.8. The summed E-state index contributed by atoms with van der Waals surface area (Å²) in [5, 5.41) is 3.16. The zero-order valence-corrected chi connectivity index (χ0v) is 15.2. The first-order chi connectivity index (χ1) is 11.7. The third-order valence-electron chi connectivity index (χ3n) is 3.49. The largest absolute Gasteiger partial charge is 2.00 e. The molecule has 0 bridgehead atoms. The maximum Gasteiger partial charge on any atom is 2.00 e. The van der Waals surface area contributed by atoms with Crippen molar-refractivity contribution in [1.82, 2.24) is 0 Å². The molecule has 0 unspecified atom stereocenters. The van der Waals surface area contributed by atoms with Crippen LogP contribution in [0, 0.1) is 63.7 Å². The van der Waals surface area contributed by atoms with Crippen molar-refractivity contribution < 1.29 is 26.7 Å². The molecular weight excluding hydrogens is 354 g/mol. The number of hydrogen-bond acceptors (Lipinski definition) is 3. The van der Waals surface area contributed by atoms with Crippen LogP contribution in [-0.2, 0) is 21.9 Å². The topological polar surface area (TPSA) is 46.2 Å². The van der Waals surface area contributed by atoms with Crippen molar-refractivity contribution in [1.29, 1.82) is 0 Å². The minimum atomic E-state index is 0. The molecule has 0 spiro atoms. The van der Waals surface area contributed by atoms with Crippen LogP contribution in [0.2, 0.25) is 0 Å². The maximum atomic E-state index is 11.8. The first-order valence-electron chi connectivity index (χ1n) is 7.93. The quantitative estimate of drug-likeness (QED) is 0.610. The molecule has 1 N–H and O–H groups in total. The minimum Gasteiger partial charge on any atom is -0.385 e. The van der Waals surface area contributed by atoms with E-state index in [0.29, 0.717) is 18.5 Å². The van der Waals surface area contributed by atoms with Gasteiger partial charge in [-0.05, 0) is 76.8 Å². The Bertz CT molecular complexity index is 527. The molecule has 4 heteroatoms. The number of carbonyl (C=O) groups excluding carboxylic acids is 2. The van der Waals surface area contributed by atoms with E-state index >= 15 is 0 Å². The third-order valence-corrected chi connectivity index (χ3v) is 3.49. The molecule has 0 saturated heterocycles. The van der Waals surface area contributed by atoms with Crippen molar-refractivity contribution in [2.75, 3.05) is 11.9 Å². The second-order valence-corrected chi connectivity index (χ2v) is 5.37. The predicted octanol–water partition coefficient (Wildman–Crippen LogP) is 3.68. The van der Waals surface area contributed by atoms with E-state index in [1.54, 1.807) is 12.1 Å². The summed E-state index contributed by atoms with van der Waals surface area (Å²) < 4.78 is 0. The number of Topliss-reactive ketones (excluding diaryl/α,β-unsaturated/α-hetero) is 2. The summed E-state index contributed by atoms with van der Waals surface area (Å²) in [6.45, 7) is 2.10. The molecular formula is C21H21FeNO2+2. The van der Waals surface area contributed by atoms with Crippen LogP contribution in [0.3, 0.4) is 0 Å². The Balaban J connectivity index is 0.000000448. The van der Waals surface area contributed by atoms with Crippen LogP contribution < -0.4 is 5.32 Å². The van der Waals surface area contributed by atoms with E-state index < -0.39 is 0 Å². The van der Waals surface area contributed by atoms with Crippen LogP contribution in [0.15, 0.2) is 24.3 Å². The number of hydrogen-bond donors (Lipinski definition) is 1. The zero-order chi connectivity index (χ0) is 17.2. The average Bonchev–Trinajstić information content (AvgIpc) is 3.31. The van der Waals surface area contributed by atoms with Gasteiger partial charge in [0.15, 0.2) is 5.78 Å². The van der Waals surface area contributed by atoms with Crippen molar-refractivity contribution in [2.24, 2.45) is 0 Å². The first-order valence-corrected chi connectivity index (χ1v) is 7.93. The molecule has 0 atom stereocenters. The van der Waals surface area contributed by atoms with Crippen molar-refractivity contribution in [3.05, 3.63) is 93.5 Å². The van der Waals surface area contributed by atoms with Crippen LogP contribution in [0.5, 0.6) is 0 Å². The summed E-state index contributed by atoms with van der Waals surface area (Å²) in [6.07, 6.45) is 17.8. The van der Waals surface area contributed by atoms with Crippen molar-refractivity contribution >= 4 is 17.3 Å². The standard InChI is InChI=1S/C16H16NO2.C5H5.Fe/c1-12(18)14-7-4-8-15(11-14)17-10-9-16(19)13-5-2-3-6-13;1-2-4-5-3-1;/h2-8,11,17H,9-10H2,1H3;1-5H;/q;;+2. The smallest absolute Gasteiger partial charge is 0.385 e. The van der Waals surface area contributed by atoms with E-state index in [1.165, 1.54) is 6.92 Å². The van der Waals surface area contributed by atoms with E-state index in [9.17, 15) is 9.59 Å². The van der Waals surface area contributed by atoms with Gasteiger partial charge in [0.25, 0.3) is 0 Å². The molecule has 3 nitrogen and oxygen atoms in total. The molecule has 0 heterocycles. The number of carbonyl (C=O) groups is 2. The Kier molecular flexibility index (Phi) is 10.8. The van der Waals surface area contributed by atoms with Crippen LogP contribution in [0.1, 0.15) is 23.7 Å². The molecule has 2 aliphatic rings. The molecule has 2 aliphatic carbocycles. The van der Waals surface area contributed by atoms with Gasteiger partial charge in [-0.15, -0.1) is 0 Å². The van der Waals surface area contributed by atoms with Gasteiger partial charge in [0.05, 0.1) is 0 Å². The molecule has 0 aromatic heterocycles. The molecule has 25 heavy (non-hydrogen) atoms. The van der Waals surface area contributed by atoms with E-state index in [-0.39, 0.29) is 28.6 Å². The SMILES string of the molecule is CC(=O)c1cccc(NCCC(=O)[C]2[CH][CH][CH][CH]2)c1.[CH]1[CH][CH][CH][CH]1.[Fe+2]. The summed E-state index contributed by atoms with van der Waals surface area (Å²) in [5.74, 6) is 0.913. The monoisotopic (exact) mass is 375 g/mol. The Labute approximate surface area is 162 Å². The fourth-order valence-corrected chi connectivity index (χ4v) is 2.19. The Hall–Kier alpha value is -1.12. The van der Waals surface area contributed by atoms with Gasteiger partial charge in [0, 0.05) is 30.1 Å². The normalized spacial score (nSPS) is 16.5. The summed E-state index contributed by atoms with van der Waals surface area (Å²) in [5.41, 5.74) is 1.54. The van der Waals surface area contributed by atoms with Crippen molar-refractivity contribution in [3.8, 4) is 0 Å². The van der Waals surface area contributed by atoms with Gasteiger partial charge in [0.1, 0.15) is 5.78 Å². The van der Waals surface area contributed by atoms with E-state index in [0.717, 1.165) is 11.6 Å². The molecule has 3 rings (SSSR count). The van der Waals surface area contributed by atoms with Gasteiger partial charge in [0.2, 0.25) is 0 Å². The number of anilines is 1. The number of rotatable bonds is 6.